The molecule has 0 spiro atoms. The van der Waals surface area contributed by atoms with Crippen molar-refractivity contribution in [2.75, 3.05) is 13.1 Å². The molecule has 2 heteroatoms. The van der Waals surface area contributed by atoms with Gasteiger partial charge in [0.15, 0.2) is 6.29 Å². The van der Waals surface area contributed by atoms with Crippen molar-refractivity contribution in [1.82, 2.24) is 5.32 Å². The number of carbonyl (C=O) groups excluding carboxylic acids is 1. The highest BCUT2D eigenvalue weighted by Crippen LogP contribution is 2.57. The summed E-state index contributed by atoms with van der Waals surface area (Å²) in [6, 6.07) is 12.5. The van der Waals surface area contributed by atoms with Gasteiger partial charge in [0, 0.05) is 17.5 Å². The lowest BCUT2D eigenvalue weighted by Gasteiger charge is -2.16. The van der Waals surface area contributed by atoms with Crippen LogP contribution in [-0.4, -0.2) is 19.4 Å². The van der Waals surface area contributed by atoms with Crippen molar-refractivity contribution >= 4 is 17.1 Å². The second-order valence-electron chi connectivity index (χ2n) is 5.55. The summed E-state index contributed by atoms with van der Waals surface area (Å²) in [5, 5.41) is 5.69. The lowest BCUT2D eigenvalue weighted by molar-refractivity contribution is 0.112. The first-order valence-corrected chi connectivity index (χ1v) is 6.53. The van der Waals surface area contributed by atoms with Crippen LogP contribution in [0.5, 0.6) is 0 Å². The monoisotopic (exact) mass is 237 g/mol. The zero-order chi connectivity index (χ0) is 12.2. The van der Waals surface area contributed by atoms with Gasteiger partial charge in [0.1, 0.15) is 0 Å². The van der Waals surface area contributed by atoms with Crippen molar-refractivity contribution in [3.63, 3.8) is 0 Å². The van der Waals surface area contributed by atoms with Gasteiger partial charge >= 0.3 is 0 Å². The van der Waals surface area contributed by atoms with E-state index in [1.54, 1.807) is 0 Å². The van der Waals surface area contributed by atoms with Crippen molar-refractivity contribution in [3.05, 3.63) is 47.5 Å². The Morgan fingerprint density at radius 3 is 2.83 bits per heavy atom. The highest BCUT2D eigenvalue weighted by atomic mass is 16.1. The molecule has 0 unspecified atom stereocenters. The van der Waals surface area contributed by atoms with Crippen molar-refractivity contribution in [2.24, 2.45) is 5.92 Å². The topological polar surface area (TPSA) is 29.1 Å². The minimum Gasteiger partial charge on any atom is -0.316 e. The molecular weight excluding hydrogens is 222 g/mol. The molecule has 1 N–H and O–H groups in total. The summed E-state index contributed by atoms with van der Waals surface area (Å²) in [5.74, 6) is 0.734. The molecule has 0 bridgehead atoms. The van der Waals surface area contributed by atoms with Crippen molar-refractivity contribution in [3.8, 4) is 0 Å². The standard InChI is InChI=1S/C16H15NO/c18-9-14-13-4-2-1-3-11(13)5-6-15(14)16-7-12(16)8-17-10-16/h1-6,9,12,17H,7-8,10H2/t12-,16-/m0/s1. The Morgan fingerprint density at radius 2 is 2.11 bits per heavy atom. The average Bonchev–Trinajstić information content (AvgIpc) is 2.99. The molecule has 2 aromatic carbocycles. The Kier molecular flexibility index (Phi) is 1.95. The Labute approximate surface area is 106 Å². The number of aldehydes is 1. The molecule has 0 aromatic heterocycles. The predicted molar refractivity (Wildman–Crippen MR) is 72.0 cm³/mol. The van der Waals surface area contributed by atoms with Crippen molar-refractivity contribution in [2.45, 2.75) is 11.8 Å². The largest absolute Gasteiger partial charge is 0.316 e. The van der Waals surface area contributed by atoms with E-state index in [2.05, 4.69) is 29.6 Å². The van der Waals surface area contributed by atoms with E-state index in [9.17, 15) is 4.79 Å². The third-order valence-corrected chi connectivity index (χ3v) is 4.69. The van der Waals surface area contributed by atoms with Crippen molar-refractivity contribution < 1.29 is 4.79 Å². The number of benzene rings is 2. The van der Waals surface area contributed by atoms with Crippen LogP contribution in [0.25, 0.3) is 10.8 Å². The number of carbonyl (C=O) groups is 1. The second kappa shape index (κ2) is 3.42. The molecular formula is C16H15NO. The number of fused-ring (bicyclic) bond motifs is 2. The summed E-state index contributed by atoms with van der Waals surface area (Å²) in [4.78, 5) is 11.5. The molecule has 2 fully saturated rings. The molecule has 2 aliphatic rings. The Hall–Kier alpha value is -1.67. The fourth-order valence-corrected chi connectivity index (χ4v) is 3.62. The van der Waals surface area contributed by atoms with Gasteiger partial charge in [-0.2, -0.15) is 0 Å². The molecule has 0 amide bonds. The number of hydrogen-bond donors (Lipinski definition) is 1. The molecule has 90 valence electrons. The highest BCUT2D eigenvalue weighted by Gasteiger charge is 2.58. The first kappa shape index (κ1) is 10.3. The first-order chi connectivity index (χ1) is 8.85. The minimum atomic E-state index is 0.250. The number of nitrogens with one attached hydrogen (secondary N) is 1. The summed E-state index contributed by atoms with van der Waals surface area (Å²) in [7, 11) is 0. The second-order valence-corrected chi connectivity index (χ2v) is 5.55. The van der Waals surface area contributed by atoms with Crippen LogP contribution in [0.1, 0.15) is 22.3 Å². The van der Waals surface area contributed by atoms with Crippen LogP contribution in [0.3, 0.4) is 0 Å². The van der Waals surface area contributed by atoms with E-state index in [1.165, 1.54) is 12.0 Å². The summed E-state index contributed by atoms with van der Waals surface area (Å²) >= 11 is 0. The fourth-order valence-electron chi connectivity index (χ4n) is 3.62. The smallest absolute Gasteiger partial charge is 0.150 e. The van der Waals surface area contributed by atoms with Gasteiger partial charge in [-0.15, -0.1) is 0 Å². The summed E-state index contributed by atoms with van der Waals surface area (Å²) in [5.41, 5.74) is 2.41. The zero-order valence-corrected chi connectivity index (χ0v) is 10.1. The molecule has 1 saturated heterocycles. The highest BCUT2D eigenvalue weighted by molar-refractivity contribution is 6.00. The first-order valence-electron chi connectivity index (χ1n) is 6.53. The number of hydrogen-bond acceptors (Lipinski definition) is 2. The van der Waals surface area contributed by atoms with Crippen LogP contribution >= 0.6 is 0 Å². The van der Waals surface area contributed by atoms with Crippen LogP contribution in [0.15, 0.2) is 36.4 Å². The molecule has 2 nitrogen and oxygen atoms in total. The van der Waals surface area contributed by atoms with E-state index < -0.39 is 0 Å². The molecule has 1 aliphatic heterocycles. The summed E-state index contributed by atoms with van der Waals surface area (Å²) in [6.07, 6.45) is 2.28. The van der Waals surface area contributed by atoms with E-state index in [4.69, 9.17) is 0 Å². The van der Waals surface area contributed by atoms with E-state index >= 15 is 0 Å². The lowest BCUT2D eigenvalue weighted by atomic mass is 9.88. The van der Waals surface area contributed by atoms with Crippen LogP contribution < -0.4 is 5.32 Å². The van der Waals surface area contributed by atoms with Gasteiger partial charge in [0.2, 0.25) is 0 Å². The maximum Gasteiger partial charge on any atom is 0.150 e. The van der Waals surface area contributed by atoms with Gasteiger partial charge in [-0.3, -0.25) is 4.79 Å². The Bertz CT molecular complexity index is 649. The minimum absolute atomic E-state index is 0.250. The quantitative estimate of drug-likeness (QED) is 0.813. The van der Waals surface area contributed by atoms with E-state index in [-0.39, 0.29) is 5.41 Å². The van der Waals surface area contributed by atoms with Gasteiger partial charge in [-0.1, -0.05) is 36.4 Å². The summed E-state index contributed by atoms with van der Waals surface area (Å²) in [6.45, 7) is 2.13. The predicted octanol–water partition coefficient (Wildman–Crippen LogP) is 2.51. The maximum atomic E-state index is 11.5. The Morgan fingerprint density at radius 1 is 1.22 bits per heavy atom. The molecule has 0 radical (unpaired) electrons. The SMILES string of the molecule is O=Cc1c([C@@]23CNC[C@@H]2C3)ccc2ccccc12. The van der Waals surface area contributed by atoms with Gasteiger partial charge in [-0.25, -0.2) is 0 Å². The Balaban J connectivity index is 1.99. The van der Waals surface area contributed by atoms with E-state index in [1.807, 2.05) is 12.1 Å². The normalized spacial score (nSPS) is 29.2. The molecule has 2 atom stereocenters. The average molecular weight is 237 g/mol. The summed E-state index contributed by atoms with van der Waals surface area (Å²) < 4.78 is 0. The molecule has 4 rings (SSSR count). The van der Waals surface area contributed by atoms with Gasteiger partial charge in [0.25, 0.3) is 0 Å². The molecule has 18 heavy (non-hydrogen) atoms. The molecule has 2 aromatic rings. The van der Waals surface area contributed by atoms with Crippen LogP contribution in [0.2, 0.25) is 0 Å². The molecule has 1 saturated carbocycles. The van der Waals surface area contributed by atoms with E-state index in [0.717, 1.165) is 41.6 Å². The third kappa shape index (κ3) is 1.19. The van der Waals surface area contributed by atoms with Crippen LogP contribution in [0.4, 0.5) is 0 Å². The van der Waals surface area contributed by atoms with Crippen molar-refractivity contribution in [1.29, 1.82) is 0 Å². The maximum absolute atomic E-state index is 11.5. The van der Waals surface area contributed by atoms with Gasteiger partial charge in [-0.05, 0) is 35.2 Å². The zero-order valence-electron chi connectivity index (χ0n) is 10.1. The molecule has 1 heterocycles. The molecule has 1 aliphatic carbocycles. The van der Waals surface area contributed by atoms with Crippen LogP contribution in [0, 0.1) is 5.92 Å². The van der Waals surface area contributed by atoms with Gasteiger partial charge < -0.3 is 5.32 Å². The van der Waals surface area contributed by atoms with E-state index in [0.29, 0.717) is 0 Å². The lowest BCUT2D eigenvalue weighted by Crippen LogP contribution is -2.20. The fraction of sp³-hybridized carbons (Fsp3) is 0.312. The third-order valence-electron chi connectivity index (χ3n) is 4.69. The number of rotatable bonds is 2. The van der Waals surface area contributed by atoms with Gasteiger partial charge in [0.05, 0.1) is 0 Å². The number of piperidine rings is 1. The van der Waals surface area contributed by atoms with Crippen LogP contribution in [-0.2, 0) is 5.41 Å².